The third-order valence-electron chi connectivity index (χ3n) is 4.65. The van der Waals surface area contributed by atoms with Gasteiger partial charge in [-0.2, -0.15) is 5.10 Å². The second-order valence-corrected chi connectivity index (χ2v) is 7.41. The molecule has 0 atom stereocenters. The molecule has 0 fully saturated rings. The molecule has 182 valence electrons. The number of hydrogen-bond acceptors (Lipinski definition) is 6. The van der Waals surface area contributed by atoms with Gasteiger partial charge in [-0.25, -0.2) is 5.43 Å². The third kappa shape index (κ3) is 8.19. The minimum atomic E-state index is -0.367. The Morgan fingerprint density at radius 3 is 2.37 bits per heavy atom. The van der Waals surface area contributed by atoms with Crippen LogP contribution >= 0.6 is 0 Å². The van der Waals surface area contributed by atoms with Gasteiger partial charge < -0.3 is 19.5 Å². The molecule has 0 bridgehead atoms. The zero-order valence-corrected chi connectivity index (χ0v) is 19.8. The van der Waals surface area contributed by atoms with Gasteiger partial charge in [-0.15, -0.1) is 0 Å². The zero-order valence-electron chi connectivity index (χ0n) is 19.8. The van der Waals surface area contributed by atoms with E-state index < -0.39 is 0 Å². The highest BCUT2D eigenvalue weighted by Gasteiger charge is 2.11. The normalized spacial score (nSPS) is 10.6. The van der Waals surface area contributed by atoms with E-state index in [1.807, 2.05) is 32.0 Å². The maximum atomic E-state index is 12.5. The first kappa shape index (κ1) is 25.3. The van der Waals surface area contributed by atoms with E-state index in [1.54, 1.807) is 54.6 Å². The average Bonchev–Trinajstić information content (AvgIpc) is 2.88. The fraction of sp³-hybridized carbons (Fsp3) is 0.222. The summed E-state index contributed by atoms with van der Waals surface area (Å²) in [7, 11) is 0. The number of carbonyl (C=O) groups excluding carboxylic acids is 2. The predicted molar refractivity (Wildman–Crippen MR) is 135 cm³/mol. The van der Waals surface area contributed by atoms with Crippen molar-refractivity contribution >= 4 is 23.7 Å². The molecule has 0 unspecified atom stereocenters. The third-order valence-corrected chi connectivity index (χ3v) is 4.65. The number of carbonyl (C=O) groups is 2. The monoisotopic (exact) mass is 475 g/mol. The molecule has 2 amide bonds. The highest BCUT2D eigenvalue weighted by molar-refractivity contribution is 5.95. The van der Waals surface area contributed by atoms with Crippen LogP contribution in [0.15, 0.2) is 77.9 Å². The number of nitrogens with zero attached hydrogens (tertiary/aromatic N) is 1. The first-order valence-corrected chi connectivity index (χ1v) is 11.4. The van der Waals surface area contributed by atoms with Crippen molar-refractivity contribution in [1.82, 2.24) is 5.43 Å². The molecule has 0 aromatic heterocycles. The van der Waals surface area contributed by atoms with E-state index in [2.05, 4.69) is 15.8 Å². The molecular formula is C27H29N3O5. The Labute approximate surface area is 204 Å². The van der Waals surface area contributed by atoms with Gasteiger partial charge in [0.25, 0.3) is 11.8 Å². The van der Waals surface area contributed by atoms with Gasteiger partial charge in [-0.3, -0.25) is 9.59 Å². The Bertz CT molecular complexity index is 1130. The maximum Gasteiger partial charge on any atom is 0.271 e. The van der Waals surface area contributed by atoms with Crippen molar-refractivity contribution in [3.8, 4) is 17.2 Å². The molecule has 0 aliphatic heterocycles. The van der Waals surface area contributed by atoms with Gasteiger partial charge in [0.15, 0.2) is 18.1 Å². The van der Waals surface area contributed by atoms with Crippen molar-refractivity contribution < 1.29 is 23.8 Å². The predicted octanol–water partition coefficient (Wildman–Crippen LogP) is 4.66. The Morgan fingerprint density at radius 1 is 0.886 bits per heavy atom. The number of nitrogens with one attached hydrogen (secondary N) is 2. The molecule has 0 spiro atoms. The van der Waals surface area contributed by atoms with Gasteiger partial charge in [0.2, 0.25) is 0 Å². The molecule has 0 aliphatic rings. The summed E-state index contributed by atoms with van der Waals surface area (Å²) in [4.78, 5) is 24.5. The van der Waals surface area contributed by atoms with E-state index in [4.69, 9.17) is 14.2 Å². The number of hydrazone groups is 1. The first-order valence-electron chi connectivity index (χ1n) is 11.4. The highest BCUT2D eigenvalue weighted by atomic mass is 16.5. The summed E-state index contributed by atoms with van der Waals surface area (Å²) in [6, 6.07) is 21.2. The molecule has 3 aromatic rings. The lowest BCUT2D eigenvalue weighted by Gasteiger charge is -2.12. The number of rotatable bonds is 12. The first-order chi connectivity index (χ1) is 17.1. The molecule has 0 aliphatic carbocycles. The Morgan fingerprint density at radius 2 is 1.66 bits per heavy atom. The SMILES string of the molecule is CCCOc1ccc(C(=O)N/N=C/c2ccc(OCC(=O)Nc3ccccc3)cc2)cc1OCC. The topological polar surface area (TPSA) is 98.3 Å². The van der Waals surface area contributed by atoms with Crippen molar-refractivity contribution in [3.63, 3.8) is 0 Å². The summed E-state index contributed by atoms with van der Waals surface area (Å²) in [5.74, 6) is 1.05. The summed E-state index contributed by atoms with van der Waals surface area (Å²) in [5.41, 5.74) is 4.38. The molecule has 3 rings (SSSR count). The standard InChI is InChI=1S/C27H29N3O5/c1-3-16-34-24-15-12-21(17-25(24)33-4-2)27(32)30-28-18-20-10-13-23(14-11-20)35-19-26(31)29-22-8-6-5-7-9-22/h5-15,17-18H,3-4,16,19H2,1-2H3,(H,29,31)(H,30,32)/b28-18+. The lowest BCUT2D eigenvalue weighted by molar-refractivity contribution is -0.118. The van der Waals surface area contributed by atoms with Crippen LogP contribution in [0.1, 0.15) is 36.2 Å². The van der Waals surface area contributed by atoms with Gasteiger partial charge in [-0.05, 0) is 73.5 Å². The smallest absolute Gasteiger partial charge is 0.271 e. The fourth-order valence-corrected chi connectivity index (χ4v) is 3.00. The highest BCUT2D eigenvalue weighted by Crippen LogP contribution is 2.28. The van der Waals surface area contributed by atoms with E-state index in [0.29, 0.717) is 41.7 Å². The summed E-state index contributed by atoms with van der Waals surface area (Å²) >= 11 is 0. The molecule has 8 nitrogen and oxygen atoms in total. The van der Waals surface area contributed by atoms with Gasteiger partial charge in [0.1, 0.15) is 5.75 Å². The lowest BCUT2D eigenvalue weighted by atomic mass is 10.2. The van der Waals surface area contributed by atoms with Crippen molar-refractivity contribution in [3.05, 3.63) is 83.9 Å². The van der Waals surface area contributed by atoms with Gasteiger partial charge in [0.05, 0.1) is 19.4 Å². The van der Waals surface area contributed by atoms with Crippen LogP contribution in [0.2, 0.25) is 0 Å². The molecular weight excluding hydrogens is 446 g/mol. The van der Waals surface area contributed by atoms with Crippen molar-refractivity contribution in [2.24, 2.45) is 5.10 Å². The number of benzene rings is 3. The summed E-state index contributed by atoms with van der Waals surface area (Å²) in [6.07, 6.45) is 2.39. The second kappa shape index (κ2) is 13.4. The van der Waals surface area contributed by atoms with E-state index in [0.717, 1.165) is 12.0 Å². The molecule has 0 saturated heterocycles. The number of hydrogen-bond donors (Lipinski definition) is 2. The summed E-state index contributed by atoms with van der Waals surface area (Å²) < 4.78 is 16.8. The molecule has 0 heterocycles. The molecule has 8 heteroatoms. The van der Waals surface area contributed by atoms with Gasteiger partial charge in [-0.1, -0.05) is 25.1 Å². The van der Waals surface area contributed by atoms with Crippen LogP contribution in [-0.4, -0.2) is 37.8 Å². The van der Waals surface area contributed by atoms with Gasteiger partial charge in [0, 0.05) is 11.3 Å². The van der Waals surface area contributed by atoms with E-state index in [-0.39, 0.29) is 18.4 Å². The summed E-state index contributed by atoms with van der Waals surface area (Å²) in [5, 5.41) is 6.77. The van der Waals surface area contributed by atoms with Crippen LogP contribution in [-0.2, 0) is 4.79 Å². The minimum absolute atomic E-state index is 0.107. The second-order valence-electron chi connectivity index (χ2n) is 7.41. The number of amides is 2. The minimum Gasteiger partial charge on any atom is -0.490 e. The number of ether oxygens (including phenoxy) is 3. The Hall–Kier alpha value is -4.33. The van der Waals surface area contributed by atoms with E-state index >= 15 is 0 Å². The molecule has 0 radical (unpaired) electrons. The fourth-order valence-electron chi connectivity index (χ4n) is 3.00. The van der Waals surface area contributed by atoms with Crippen molar-refractivity contribution in [2.75, 3.05) is 25.1 Å². The van der Waals surface area contributed by atoms with Crippen LogP contribution in [0.5, 0.6) is 17.2 Å². The Balaban J connectivity index is 1.49. The van der Waals surface area contributed by atoms with Crippen molar-refractivity contribution in [1.29, 1.82) is 0 Å². The van der Waals surface area contributed by atoms with Crippen LogP contribution < -0.4 is 25.0 Å². The lowest BCUT2D eigenvalue weighted by Crippen LogP contribution is -2.20. The largest absolute Gasteiger partial charge is 0.490 e. The average molecular weight is 476 g/mol. The summed E-state index contributed by atoms with van der Waals surface area (Å²) in [6.45, 7) is 4.82. The van der Waals surface area contributed by atoms with E-state index in [9.17, 15) is 9.59 Å². The number of anilines is 1. The molecule has 0 saturated carbocycles. The molecule has 3 aromatic carbocycles. The van der Waals surface area contributed by atoms with Gasteiger partial charge >= 0.3 is 0 Å². The van der Waals surface area contributed by atoms with Crippen LogP contribution in [0.25, 0.3) is 0 Å². The zero-order chi connectivity index (χ0) is 24.9. The van der Waals surface area contributed by atoms with Crippen LogP contribution in [0, 0.1) is 0 Å². The maximum absolute atomic E-state index is 12.5. The van der Waals surface area contributed by atoms with Crippen LogP contribution in [0.4, 0.5) is 5.69 Å². The Kier molecular flexibility index (Phi) is 9.68. The molecule has 35 heavy (non-hydrogen) atoms. The number of para-hydroxylation sites is 1. The van der Waals surface area contributed by atoms with Crippen LogP contribution in [0.3, 0.4) is 0 Å². The van der Waals surface area contributed by atoms with Crippen molar-refractivity contribution in [2.45, 2.75) is 20.3 Å². The molecule has 2 N–H and O–H groups in total. The van der Waals surface area contributed by atoms with E-state index in [1.165, 1.54) is 6.21 Å². The quantitative estimate of drug-likeness (QED) is 0.293.